The molecule has 0 aliphatic carbocycles. The molecule has 0 spiro atoms. The van der Waals surface area contributed by atoms with E-state index in [2.05, 4.69) is 182 Å². The largest absolute Gasteiger partial charge is 0.0622 e. The lowest BCUT2D eigenvalue weighted by Gasteiger charge is -2.19. The van der Waals surface area contributed by atoms with Gasteiger partial charge in [0.15, 0.2) is 0 Å². The molecule has 0 saturated carbocycles. The molecule has 10 aromatic rings. The van der Waals surface area contributed by atoms with Gasteiger partial charge in [-0.3, -0.25) is 0 Å². The molecule has 0 bridgehead atoms. The van der Waals surface area contributed by atoms with Crippen molar-refractivity contribution in [3.8, 4) is 33.4 Å². The van der Waals surface area contributed by atoms with E-state index in [1.54, 1.807) is 0 Å². The summed E-state index contributed by atoms with van der Waals surface area (Å²) >= 11 is 0. The van der Waals surface area contributed by atoms with Crippen LogP contribution in [-0.2, 0) is 0 Å². The summed E-state index contributed by atoms with van der Waals surface area (Å²) in [6.07, 6.45) is 0. The van der Waals surface area contributed by atoms with Crippen molar-refractivity contribution in [3.05, 3.63) is 182 Å². The lowest BCUT2D eigenvalue weighted by molar-refractivity contribution is 1.67. The van der Waals surface area contributed by atoms with E-state index in [1.165, 1.54) is 98.0 Å². The van der Waals surface area contributed by atoms with Crippen LogP contribution in [0.15, 0.2) is 182 Å². The third-order valence-corrected chi connectivity index (χ3v) is 10.2. The molecule has 0 aliphatic heterocycles. The molecule has 0 N–H and O–H groups in total. The van der Waals surface area contributed by atoms with Gasteiger partial charge in [-0.25, -0.2) is 0 Å². The average molecular weight is 607 g/mol. The van der Waals surface area contributed by atoms with E-state index in [9.17, 15) is 0 Å². The number of hydrogen-bond acceptors (Lipinski definition) is 0. The topological polar surface area (TPSA) is 0 Å². The van der Waals surface area contributed by atoms with Crippen LogP contribution in [0.4, 0.5) is 0 Å². The summed E-state index contributed by atoms with van der Waals surface area (Å²) in [6.45, 7) is 0. The smallest absolute Gasteiger partial charge is 0.00264 e. The molecule has 0 fully saturated rings. The third kappa shape index (κ3) is 4.03. The molecule has 0 atom stereocenters. The third-order valence-electron chi connectivity index (χ3n) is 10.2. The van der Waals surface area contributed by atoms with E-state index in [4.69, 9.17) is 0 Å². The van der Waals surface area contributed by atoms with Gasteiger partial charge in [0.05, 0.1) is 0 Å². The fraction of sp³-hybridized carbons (Fsp3) is 0. The lowest BCUT2D eigenvalue weighted by atomic mass is 9.85. The van der Waals surface area contributed by atoms with Crippen molar-refractivity contribution in [2.75, 3.05) is 0 Å². The summed E-state index contributed by atoms with van der Waals surface area (Å²) in [7, 11) is 0. The molecule has 10 aromatic carbocycles. The van der Waals surface area contributed by atoms with Crippen molar-refractivity contribution >= 4 is 64.6 Å². The molecule has 222 valence electrons. The van der Waals surface area contributed by atoms with Gasteiger partial charge in [-0.2, -0.15) is 0 Å². The number of fused-ring (bicyclic) bond motifs is 8. The molecule has 0 nitrogen and oxygen atoms in total. The van der Waals surface area contributed by atoms with Gasteiger partial charge in [0.25, 0.3) is 0 Å². The molecular formula is C48H30. The highest BCUT2D eigenvalue weighted by molar-refractivity contribution is 6.26. The van der Waals surface area contributed by atoms with Crippen LogP contribution in [-0.4, -0.2) is 0 Å². The van der Waals surface area contributed by atoms with Gasteiger partial charge in [-0.05, 0) is 116 Å². The Bertz CT molecular complexity index is 2860. The van der Waals surface area contributed by atoms with Gasteiger partial charge in [0, 0.05) is 0 Å². The molecular weight excluding hydrogens is 577 g/mol. The van der Waals surface area contributed by atoms with Gasteiger partial charge in [0.1, 0.15) is 0 Å². The number of benzene rings is 10. The van der Waals surface area contributed by atoms with Crippen molar-refractivity contribution in [1.82, 2.24) is 0 Å². The van der Waals surface area contributed by atoms with E-state index < -0.39 is 0 Å². The van der Waals surface area contributed by atoms with Gasteiger partial charge in [-0.15, -0.1) is 0 Å². The number of rotatable bonds is 3. The second kappa shape index (κ2) is 10.7. The first-order valence-corrected chi connectivity index (χ1v) is 16.7. The highest BCUT2D eigenvalue weighted by atomic mass is 14.2. The minimum absolute atomic E-state index is 1.24. The quantitative estimate of drug-likeness (QED) is 0.139. The highest BCUT2D eigenvalue weighted by Crippen LogP contribution is 2.46. The van der Waals surface area contributed by atoms with Gasteiger partial charge >= 0.3 is 0 Å². The van der Waals surface area contributed by atoms with Crippen LogP contribution in [0.3, 0.4) is 0 Å². The number of hydrogen-bond donors (Lipinski definition) is 0. The Labute approximate surface area is 279 Å². The minimum Gasteiger partial charge on any atom is -0.0622 e. The van der Waals surface area contributed by atoms with E-state index in [-0.39, 0.29) is 0 Å². The second-order valence-electron chi connectivity index (χ2n) is 12.8. The minimum atomic E-state index is 1.24. The Hall–Kier alpha value is -6.24. The first kappa shape index (κ1) is 26.9. The molecule has 0 heterocycles. The van der Waals surface area contributed by atoms with E-state index in [1.807, 2.05) is 0 Å². The zero-order valence-corrected chi connectivity index (χ0v) is 26.3. The average Bonchev–Trinajstić information content (AvgIpc) is 3.16. The van der Waals surface area contributed by atoms with Crippen LogP contribution in [0, 0.1) is 0 Å². The predicted molar refractivity (Wildman–Crippen MR) is 208 cm³/mol. The first-order chi connectivity index (χ1) is 23.8. The van der Waals surface area contributed by atoms with E-state index in [0.29, 0.717) is 0 Å². The predicted octanol–water partition coefficient (Wildman–Crippen LogP) is 13.6. The van der Waals surface area contributed by atoms with Gasteiger partial charge < -0.3 is 0 Å². The monoisotopic (exact) mass is 606 g/mol. The fourth-order valence-corrected chi connectivity index (χ4v) is 8.11. The maximum atomic E-state index is 2.46. The molecule has 0 aromatic heterocycles. The Balaban J connectivity index is 1.33. The summed E-state index contributed by atoms with van der Waals surface area (Å²) < 4.78 is 0. The molecule has 0 heteroatoms. The van der Waals surface area contributed by atoms with E-state index >= 15 is 0 Å². The SMILES string of the molecule is c1ccc(-c2c3ccccc3cc3c2ccc2c(-c4cc5c(-c6ccccc6)c6ccccc6cc5c5ccccc45)cccc23)cc1. The summed E-state index contributed by atoms with van der Waals surface area (Å²) in [4.78, 5) is 0. The Kier molecular flexibility index (Phi) is 5.98. The highest BCUT2D eigenvalue weighted by Gasteiger charge is 2.18. The van der Waals surface area contributed by atoms with Crippen LogP contribution in [0.2, 0.25) is 0 Å². The van der Waals surface area contributed by atoms with Crippen LogP contribution < -0.4 is 0 Å². The molecule has 0 saturated heterocycles. The van der Waals surface area contributed by atoms with Crippen molar-refractivity contribution in [2.45, 2.75) is 0 Å². The van der Waals surface area contributed by atoms with Crippen molar-refractivity contribution < 1.29 is 0 Å². The zero-order valence-electron chi connectivity index (χ0n) is 26.3. The molecule has 48 heavy (non-hydrogen) atoms. The molecule has 10 rings (SSSR count). The molecule has 0 amide bonds. The standard InChI is InChI=1S/C48H30/c1-3-14-31(15-4-1)47-35-20-9-7-18-33(35)28-43-39-24-13-25-40(41(39)26-27-42(43)47)45-30-46-44(37-22-11-12-23-38(37)45)29-34-19-8-10-21-36(34)48(46)32-16-5-2-6-17-32/h1-30H. The second-order valence-corrected chi connectivity index (χ2v) is 12.8. The molecule has 0 unspecified atom stereocenters. The summed E-state index contributed by atoms with van der Waals surface area (Å²) in [5, 5.41) is 15.3. The van der Waals surface area contributed by atoms with Gasteiger partial charge in [-0.1, -0.05) is 164 Å². The molecule has 0 aliphatic rings. The van der Waals surface area contributed by atoms with Crippen LogP contribution >= 0.6 is 0 Å². The first-order valence-electron chi connectivity index (χ1n) is 16.7. The van der Waals surface area contributed by atoms with E-state index in [0.717, 1.165) is 0 Å². The van der Waals surface area contributed by atoms with Gasteiger partial charge in [0.2, 0.25) is 0 Å². The lowest BCUT2D eigenvalue weighted by Crippen LogP contribution is -1.91. The molecule has 0 radical (unpaired) electrons. The fourth-order valence-electron chi connectivity index (χ4n) is 8.11. The van der Waals surface area contributed by atoms with Crippen LogP contribution in [0.25, 0.3) is 98.0 Å². The maximum Gasteiger partial charge on any atom is -0.00264 e. The normalized spacial score (nSPS) is 11.8. The Morgan fingerprint density at radius 1 is 0.208 bits per heavy atom. The zero-order chi connectivity index (χ0) is 31.6. The van der Waals surface area contributed by atoms with Crippen LogP contribution in [0.1, 0.15) is 0 Å². The summed E-state index contributed by atoms with van der Waals surface area (Å²) in [5.74, 6) is 0. The summed E-state index contributed by atoms with van der Waals surface area (Å²) in [6, 6.07) is 67.1. The maximum absolute atomic E-state index is 2.46. The van der Waals surface area contributed by atoms with Crippen molar-refractivity contribution in [1.29, 1.82) is 0 Å². The van der Waals surface area contributed by atoms with Crippen molar-refractivity contribution in [2.24, 2.45) is 0 Å². The summed E-state index contributed by atoms with van der Waals surface area (Å²) in [5.41, 5.74) is 7.60. The Morgan fingerprint density at radius 2 is 0.646 bits per heavy atom. The van der Waals surface area contributed by atoms with Crippen molar-refractivity contribution in [3.63, 3.8) is 0 Å². The Morgan fingerprint density at radius 3 is 1.27 bits per heavy atom. The van der Waals surface area contributed by atoms with Crippen LogP contribution in [0.5, 0.6) is 0 Å².